The van der Waals surface area contributed by atoms with Crippen LogP contribution >= 0.6 is 0 Å². The van der Waals surface area contributed by atoms with Crippen molar-refractivity contribution < 1.29 is 9.53 Å². The van der Waals surface area contributed by atoms with Crippen LogP contribution in [0, 0.1) is 13.8 Å². The van der Waals surface area contributed by atoms with Crippen molar-refractivity contribution in [1.82, 2.24) is 15.1 Å². The molecular formula is C19H25N3O2. The first-order valence-corrected chi connectivity index (χ1v) is 8.57. The third-order valence-electron chi connectivity index (χ3n) is 4.90. The minimum absolute atomic E-state index is 0.0557. The summed E-state index contributed by atoms with van der Waals surface area (Å²) in [4.78, 5) is 14.7. The van der Waals surface area contributed by atoms with Crippen molar-refractivity contribution in [3.63, 3.8) is 0 Å². The Morgan fingerprint density at radius 3 is 2.96 bits per heavy atom. The van der Waals surface area contributed by atoms with E-state index >= 15 is 0 Å². The molecule has 1 aliphatic heterocycles. The molecule has 2 aromatic rings. The van der Waals surface area contributed by atoms with Gasteiger partial charge in [-0.05, 0) is 56.9 Å². The molecule has 1 fully saturated rings. The van der Waals surface area contributed by atoms with E-state index in [-0.39, 0.29) is 5.91 Å². The number of amides is 1. The van der Waals surface area contributed by atoms with E-state index in [1.807, 2.05) is 49.9 Å². The molecule has 0 unspecified atom stereocenters. The lowest BCUT2D eigenvalue weighted by molar-refractivity contribution is -0.139. The molecule has 1 aromatic carbocycles. The third kappa shape index (κ3) is 3.45. The lowest BCUT2D eigenvalue weighted by atomic mass is 9.94. The molecule has 1 amide bonds. The fourth-order valence-electron chi connectivity index (χ4n) is 3.27. The summed E-state index contributed by atoms with van der Waals surface area (Å²) in [7, 11) is 0. The van der Waals surface area contributed by atoms with E-state index in [1.54, 1.807) is 6.20 Å². The highest BCUT2D eigenvalue weighted by Gasteiger charge is 2.29. The van der Waals surface area contributed by atoms with Gasteiger partial charge >= 0.3 is 0 Å². The molecule has 0 spiro atoms. The minimum Gasteiger partial charge on any atom is -0.481 e. The summed E-state index contributed by atoms with van der Waals surface area (Å²) in [6.45, 7) is 7.43. The topological polar surface area (TPSA) is 58.2 Å². The first kappa shape index (κ1) is 16.6. The zero-order chi connectivity index (χ0) is 17.1. The average molecular weight is 327 g/mol. The zero-order valence-electron chi connectivity index (χ0n) is 14.6. The number of aryl methyl sites for hydroxylation is 1. The molecular weight excluding hydrogens is 302 g/mol. The summed E-state index contributed by atoms with van der Waals surface area (Å²) < 4.78 is 5.96. The highest BCUT2D eigenvalue weighted by Crippen LogP contribution is 2.27. The number of aromatic amines is 1. The third-order valence-corrected chi connectivity index (χ3v) is 4.90. The van der Waals surface area contributed by atoms with E-state index < -0.39 is 6.10 Å². The predicted octanol–water partition coefficient (Wildman–Crippen LogP) is 3.20. The lowest BCUT2D eigenvalue weighted by Crippen LogP contribution is -2.45. The largest absolute Gasteiger partial charge is 0.481 e. The second kappa shape index (κ2) is 7.07. The zero-order valence-corrected chi connectivity index (χ0v) is 14.6. The van der Waals surface area contributed by atoms with Gasteiger partial charge in [-0.1, -0.05) is 12.1 Å². The maximum absolute atomic E-state index is 12.8. The Morgan fingerprint density at radius 2 is 2.21 bits per heavy atom. The summed E-state index contributed by atoms with van der Waals surface area (Å²) in [6, 6.07) is 7.93. The Labute approximate surface area is 143 Å². The van der Waals surface area contributed by atoms with E-state index in [9.17, 15) is 4.79 Å². The van der Waals surface area contributed by atoms with Gasteiger partial charge in [-0.25, -0.2) is 0 Å². The fraction of sp³-hybridized carbons (Fsp3) is 0.474. The Balaban J connectivity index is 1.65. The van der Waals surface area contributed by atoms with Crippen LogP contribution < -0.4 is 4.74 Å². The van der Waals surface area contributed by atoms with Crippen LogP contribution in [0.3, 0.4) is 0 Å². The van der Waals surface area contributed by atoms with Gasteiger partial charge in [0.15, 0.2) is 6.10 Å². The van der Waals surface area contributed by atoms with Gasteiger partial charge in [-0.3, -0.25) is 9.89 Å². The molecule has 0 saturated carbocycles. The Bertz CT molecular complexity index is 697. The summed E-state index contributed by atoms with van der Waals surface area (Å²) in [5, 5.41) is 7.05. The summed E-state index contributed by atoms with van der Waals surface area (Å²) in [5.41, 5.74) is 3.37. The van der Waals surface area contributed by atoms with Gasteiger partial charge in [0.2, 0.25) is 0 Å². The van der Waals surface area contributed by atoms with Gasteiger partial charge in [0.05, 0.1) is 0 Å². The van der Waals surface area contributed by atoms with Crippen molar-refractivity contribution >= 4 is 5.91 Å². The first-order chi connectivity index (χ1) is 11.6. The second-order valence-corrected chi connectivity index (χ2v) is 6.59. The number of benzene rings is 1. The van der Waals surface area contributed by atoms with E-state index in [4.69, 9.17) is 4.74 Å². The van der Waals surface area contributed by atoms with Gasteiger partial charge in [-0.2, -0.15) is 5.10 Å². The number of piperidine rings is 1. The highest BCUT2D eigenvalue weighted by molar-refractivity contribution is 5.81. The van der Waals surface area contributed by atoms with Crippen LogP contribution in [0.4, 0.5) is 0 Å². The smallest absolute Gasteiger partial charge is 0.263 e. The molecule has 1 aliphatic rings. The number of H-pyrrole nitrogens is 1. The SMILES string of the molecule is Cc1cccc(O[C@@H](C)C(=O)N2CCC[C@H](c3ccn[nH]3)C2)c1C. The molecule has 0 radical (unpaired) electrons. The monoisotopic (exact) mass is 327 g/mol. The summed E-state index contributed by atoms with van der Waals surface area (Å²) in [5.74, 6) is 1.18. The molecule has 0 bridgehead atoms. The highest BCUT2D eigenvalue weighted by atomic mass is 16.5. The minimum atomic E-state index is -0.481. The molecule has 1 N–H and O–H groups in total. The van der Waals surface area contributed by atoms with Crippen LogP contribution in [-0.4, -0.2) is 40.2 Å². The molecule has 1 saturated heterocycles. The van der Waals surface area contributed by atoms with Gasteiger partial charge in [0, 0.05) is 30.9 Å². The van der Waals surface area contributed by atoms with Crippen LogP contribution in [0.25, 0.3) is 0 Å². The van der Waals surface area contributed by atoms with Crippen molar-refractivity contribution in [1.29, 1.82) is 0 Å². The number of ether oxygens (including phenoxy) is 1. The number of likely N-dealkylation sites (tertiary alicyclic amines) is 1. The molecule has 1 aromatic heterocycles. The van der Waals surface area contributed by atoms with Gasteiger partial charge in [0.1, 0.15) is 5.75 Å². The van der Waals surface area contributed by atoms with Crippen molar-refractivity contribution in [2.45, 2.75) is 45.6 Å². The van der Waals surface area contributed by atoms with E-state index in [2.05, 4.69) is 10.2 Å². The number of carbonyl (C=O) groups excluding carboxylic acids is 1. The molecule has 5 heteroatoms. The lowest BCUT2D eigenvalue weighted by Gasteiger charge is -2.34. The van der Waals surface area contributed by atoms with Crippen molar-refractivity contribution in [2.24, 2.45) is 0 Å². The quantitative estimate of drug-likeness (QED) is 0.938. The Kier molecular flexibility index (Phi) is 4.88. The normalized spacial score (nSPS) is 19.1. The van der Waals surface area contributed by atoms with Crippen LogP contribution in [0.15, 0.2) is 30.5 Å². The van der Waals surface area contributed by atoms with Gasteiger partial charge in [-0.15, -0.1) is 0 Å². The van der Waals surface area contributed by atoms with Gasteiger partial charge < -0.3 is 9.64 Å². The number of rotatable bonds is 4. The Morgan fingerprint density at radius 1 is 1.38 bits per heavy atom. The number of nitrogens with zero attached hydrogens (tertiary/aromatic N) is 2. The molecule has 0 aliphatic carbocycles. The number of nitrogens with one attached hydrogen (secondary N) is 1. The van der Waals surface area contributed by atoms with E-state index in [0.29, 0.717) is 5.92 Å². The van der Waals surface area contributed by atoms with Gasteiger partial charge in [0.25, 0.3) is 5.91 Å². The van der Waals surface area contributed by atoms with E-state index in [0.717, 1.165) is 42.9 Å². The second-order valence-electron chi connectivity index (χ2n) is 6.59. The summed E-state index contributed by atoms with van der Waals surface area (Å²) in [6.07, 6.45) is 3.37. The number of hydrogen-bond donors (Lipinski definition) is 1. The van der Waals surface area contributed by atoms with Crippen LogP contribution in [0.5, 0.6) is 5.75 Å². The molecule has 2 heterocycles. The molecule has 2 atom stereocenters. The number of aromatic nitrogens is 2. The predicted molar refractivity (Wildman–Crippen MR) is 93.1 cm³/mol. The fourth-order valence-corrected chi connectivity index (χ4v) is 3.27. The Hall–Kier alpha value is -2.30. The molecule has 24 heavy (non-hydrogen) atoms. The van der Waals surface area contributed by atoms with Crippen molar-refractivity contribution in [3.8, 4) is 5.75 Å². The standard InChI is InChI=1S/C19H25N3O2/c1-13-6-4-8-18(14(13)2)24-15(3)19(23)22-11-5-7-16(12-22)17-9-10-20-21-17/h4,6,8-10,15-16H,5,7,11-12H2,1-3H3,(H,20,21)/t15-,16-/m0/s1. The van der Waals surface area contributed by atoms with E-state index in [1.165, 1.54) is 5.56 Å². The van der Waals surface area contributed by atoms with Crippen LogP contribution in [0.1, 0.15) is 42.5 Å². The van der Waals surface area contributed by atoms with Crippen LogP contribution in [-0.2, 0) is 4.79 Å². The maximum Gasteiger partial charge on any atom is 0.263 e. The first-order valence-electron chi connectivity index (χ1n) is 8.57. The number of carbonyl (C=O) groups is 1. The average Bonchev–Trinajstić information content (AvgIpc) is 3.13. The van der Waals surface area contributed by atoms with Crippen molar-refractivity contribution in [3.05, 3.63) is 47.3 Å². The number of hydrogen-bond acceptors (Lipinski definition) is 3. The molecule has 3 rings (SSSR count). The van der Waals surface area contributed by atoms with Crippen molar-refractivity contribution in [2.75, 3.05) is 13.1 Å². The molecule has 128 valence electrons. The molecule has 5 nitrogen and oxygen atoms in total. The van der Waals surface area contributed by atoms with Crippen LogP contribution in [0.2, 0.25) is 0 Å². The summed E-state index contributed by atoms with van der Waals surface area (Å²) >= 11 is 0. The maximum atomic E-state index is 12.8.